The van der Waals surface area contributed by atoms with Crippen LogP contribution in [0.4, 0.5) is 0 Å². The van der Waals surface area contributed by atoms with Crippen LogP contribution in [-0.4, -0.2) is 10.8 Å². The Morgan fingerprint density at radius 1 is 1.60 bits per heavy atom. The van der Waals surface area contributed by atoms with Crippen LogP contribution in [-0.2, 0) is 0 Å². The highest BCUT2D eigenvalue weighted by Crippen LogP contribution is 2.07. The van der Waals surface area contributed by atoms with Gasteiger partial charge < -0.3 is 10.7 Å². The molecule has 0 bridgehead atoms. The fraction of sp³-hybridized carbons (Fsp3) is 0.286. The standard InChI is InChI=1S/C7H11N3/c1-4-3-6(7(8)9)5(2)10-4/h3,10H,1-2H3,(H3,8,9). The molecule has 1 rings (SSSR count). The Kier molecular flexibility index (Phi) is 1.49. The maximum Gasteiger partial charge on any atom is 0.124 e. The van der Waals surface area contributed by atoms with Gasteiger partial charge in [0, 0.05) is 17.0 Å². The van der Waals surface area contributed by atoms with E-state index in [0.717, 1.165) is 17.0 Å². The Hall–Kier alpha value is -1.25. The van der Waals surface area contributed by atoms with Crippen LogP contribution in [0.3, 0.4) is 0 Å². The number of nitrogen functional groups attached to an aromatic ring is 1. The number of hydrogen-bond donors (Lipinski definition) is 3. The smallest absolute Gasteiger partial charge is 0.124 e. The fourth-order valence-corrected chi connectivity index (χ4v) is 1.00. The summed E-state index contributed by atoms with van der Waals surface area (Å²) in [5.41, 5.74) is 8.10. The normalized spacial score (nSPS) is 9.80. The molecule has 0 atom stereocenters. The third kappa shape index (κ3) is 1.03. The molecule has 1 heterocycles. The van der Waals surface area contributed by atoms with E-state index in [1.54, 1.807) is 0 Å². The zero-order valence-electron chi connectivity index (χ0n) is 6.15. The van der Waals surface area contributed by atoms with E-state index in [1.807, 2.05) is 19.9 Å². The van der Waals surface area contributed by atoms with Crippen LogP contribution in [0.2, 0.25) is 0 Å². The molecule has 0 aliphatic heterocycles. The molecule has 0 radical (unpaired) electrons. The summed E-state index contributed by atoms with van der Waals surface area (Å²) in [6, 6.07) is 1.87. The van der Waals surface area contributed by atoms with Crippen molar-refractivity contribution in [2.75, 3.05) is 0 Å². The maximum absolute atomic E-state index is 7.15. The Balaban J connectivity index is 3.15. The minimum absolute atomic E-state index is 0.127. The number of aromatic nitrogens is 1. The van der Waals surface area contributed by atoms with Gasteiger partial charge >= 0.3 is 0 Å². The molecule has 1 aromatic rings. The lowest BCUT2D eigenvalue weighted by Gasteiger charge is -1.92. The quantitative estimate of drug-likeness (QED) is 0.391. The number of hydrogen-bond acceptors (Lipinski definition) is 1. The van der Waals surface area contributed by atoms with Gasteiger partial charge in [-0.05, 0) is 19.9 Å². The van der Waals surface area contributed by atoms with Crippen LogP contribution in [0.5, 0.6) is 0 Å². The highest BCUT2D eigenvalue weighted by molar-refractivity contribution is 5.96. The van der Waals surface area contributed by atoms with E-state index >= 15 is 0 Å². The molecule has 0 spiro atoms. The lowest BCUT2D eigenvalue weighted by atomic mass is 10.2. The van der Waals surface area contributed by atoms with Gasteiger partial charge in [0.15, 0.2) is 0 Å². The van der Waals surface area contributed by atoms with Crippen molar-refractivity contribution in [1.82, 2.24) is 4.98 Å². The summed E-state index contributed by atoms with van der Waals surface area (Å²) >= 11 is 0. The predicted molar refractivity (Wildman–Crippen MR) is 41.3 cm³/mol. The van der Waals surface area contributed by atoms with E-state index in [-0.39, 0.29) is 5.84 Å². The topological polar surface area (TPSA) is 65.7 Å². The highest BCUT2D eigenvalue weighted by atomic mass is 14.8. The van der Waals surface area contributed by atoms with E-state index in [4.69, 9.17) is 11.1 Å². The summed E-state index contributed by atoms with van der Waals surface area (Å²) in [5.74, 6) is 0.127. The molecule has 0 fully saturated rings. The zero-order chi connectivity index (χ0) is 7.72. The van der Waals surface area contributed by atoms with Crippen LogP contribution < -0.4 is 5.73 Å². The predicted octanol–water partition coefficient (Wildman–Crippen LogP) is 0.916. The Bertz CT molecular complexity index is 260. The van der Waals surface area contributed by atoms with Gasteiger partial charge in [0.1, 0.15) is 5.84 Å². The summed E-state index contributed by atoms with van der Waals surface area (Å²) in [6.07, 6.45) is 0. The molecule has 3 nitrogen and oxygen atoms in total. The van der Waals surface area contributed by atoms with Crippen molar-refractivity contribution in [3.8, 4) is 0 Å². The molecule has 0 saturated heterocycles. The number of H-pyrrole nitrogens is 1. The number of amidine groups is 1. The van der Waals surface area contributed by atoms with Crippen LogP contribution in [0.1, 0.15) is 17.0 Å². The third-order valence-corrected chi connectivity index (χ3v) is 1.44. The second kappa shape index (κ2) is 2.17. The first-order valence-corrected chi connectivity index (χ1v) is 3.12. The molecule has 0 aliphatic rings. The van der Waals surface area contributed by atoms with Gasteiger partial charge in [-0.1, -0.05) is 0 Å². The molecule has 10 heavy (non-hydrogen) atoms. The summed E-state index contributed by atoms with van der Waals surface area (Å²) in [6.45, 7) is 3.85. The van der Waals surface area contributed by atoms with Crippen molar-refractivity contribution in [3.05, 3.63) is 23.0 Å². The lowest BCUT2D eigenvalue weighted by Crippen LogP contribution is -2.11. The average molecular weight is 137 g/mol. The van der Waals surface area contributed by atoms with E-state index in [0.29, 0.717) is 0 Å². The van der Waals surface area contributed by atoms with E-state index in [9.17, 15) is 0 Å². The number of nitrogens with one attached hydrogen (secondary N) is 2. The van der Waals surface area contributed by atoms with Gasteiger partial charge in [0.2, 0.25) is 0 Å². The lowest BCUT2D eigenvalue weighted by molar-refractivity contribution is 1.18. The summed E-state index contributed by atoms with van der Waals surface area (Å²) in [4.78, 5) is 3.07. The molecule has 0 aliphatic carbocycles. The molecular weight excluding hydrogens is 126 g/mol. The number of aryl methyl sites for hydroxylation is 2. The van der Waals surface area contributed by atoms with E-state index in [1.165, 1.54) is 0 Å². The van der Waals surface area contributed by atoms with Crippen molar-refractivity contribution >= 4 is 5.84 Å². The second-order valence-electron chi connectivity index (χ2n) is 2.40. The monoisotopic (exact) mass is 137 g/mol. The molecule has 1 aromatic heterocycles. The minimum atomic E-state index is 0.127. The largest absolute Gasteiger partial charge is 0.384 e. The van der Waals surface area contributed by atoms with Crippen LogP contribution in [0, 0.1) is 19.3 Å². The second-order valence-corrected chi connectivity index (χ2v) is 2.40. The first kappa shape index (κ1) is 6.86. The van der Waals surface area contributed by atoms with Gasteiger partial charge in [-0.2, -0.15) is 0 Å². The Labute approximate surface area is 59.8 Å². The van der Waals surface area contributed by atoms with Gasteiger partial charge in [0.05, 0.1) is 0 Å². The summed E-state index contributed by atoms with van der Waals surface area (Å²) in [7, 11) is 0. The van der Waals surface area contributed by atoms with Gasteiger partial charge in [-0.3, -0.25) is 5.41 Å². The highest BCUT2D eigenvalue weighted by Gasteiger charge is 2.02. The first-order chi connectivity index (χ1) is 4.61. The number of aromatic amines is 1. The molecule has 3 heteroatoms. The zero-order valence-corrected chi connectivity index (χ0v) is 6.15. The van der Waals surface area contributed by atoms with Crippen molar-refractivity contribution in [2.45, 2.75) is 13.8 Å². The Morgan fingerprint density at radius 2 is 2.20 bits per heavy atom. The maximum atomic E-state index is 7.15. The summed E-state index contributed by atoms with van der Waals surface area (Å²) in [5, 5.41) is 7.15. The molecule has 0 aromatic carbocycles. The van der Waals surface area contributed by atoms with Crippen LogP contribution in [0.15, 0.2) is 6.07 Å². The fourth-order valence-electron chi connectivity index (χ4n) is 1.00. The average Bonchev–Trinajstić information content (AvgIpc) is 2.10. The molecule has 0 unspecified atom stereocenters. The molecule has 0 saturated carbocycles. The number of nitrogens with two attached hydrogens (primary N) is 1. The van der Waals surface area contributed by atoms with Crippen LogP contribution in [0.25, 0.3) is 0 Å². The van der Waals surface area contributed by atoms with Gasteiger partial charge in [-0.25, -0.2) is 0 Å². The minimum Gasteiger partial charge on any atom is -0.384 e. The van der Waals surface area contributed by atoms with Gasteiger partial charge in [-0.15, -0.1) is 0 Å². The van der Waals surface area contributed by atoms with Crippen LogP contribution >= 0.6 is 0 Å². The van der Waals surface area contributed by atoms with Crippen molar-refractivity contribution < 1.29 is 0 Å². The van der Waals surface area contributed by atoms with E-state index in [2.05, 4.69) is 4.98 Å². The molecule has 0 amide bonds. The SMILES string of the molecule is Cc1cc(C(=N)N)c(C)[nH]1. The van der Waals surface area contributed by atoms with Crippen molar-refractivity contribution in [2.24, 2.45) is 5.73 Å². The van der Waals surface area contributed by atoms with Gasteiger partial charge in [0.25, 0.3) is 0 Å². The van der Waals surface area contributed by atoms with Crippen molar-refractivity contribution in [3.63, 3.8) is 0 Å². The third-order valence-electron chi connectivity index (χ3n) is 1.44. The molecule has 4 N–H and O–H groups in total. The Morgan fingerprint density at radius 3 is 2.40 bits per heavy atom. The van der Waals surface area contributed by atoms with Crippen molar-refractivity contribution in [1.29, 1.82) is 5.41 Å². The molecule has 54 valence electrons. The number of rotatable bonds is 1. The molecular formula is C7H11N3. The first-order valence-electron chi connectivity index (χ1n) is 3.12. The summed E-state index contributed by atoms with van der Waals surface area (Å²) < 4.78 is 0. The van der Waals surface area contributed by atoms with E-state index < -0.39 is 0 Å².